The number of fused-ring (bicyclic) bond motifs is 7. The van der Waals surface area contributed by atoms with Crippen molar-refractivity contribution in [2.75, 3.05) is 45.0 Å². The monoisotopic (exact) mass is 904 g/mol. The summed E-state index contributed by atoms with van der Waals surface area (Å²) in [6, 6.07) is 4.61. The maximum atomic E-state index is 18.1. The van der Waals surface area contributed by atoms with Gasteiger partial charge in [-0.15, -0.1) is 5.54 Å². The predicted molar refractivity (Wildman–Crippen MR) is 237 cm³/mol. The number of amides is 1. The standard InChI is InChI=1S/C47H56F4N6O6Si/c1-25(2)64(26(3)4,27(5)6)17-14-32-34(48)12-10-29-18-31(62-24-60-8)19-33(36(29)32)39-38(49)40-37-42(54-44(53-40)61-23-46-15-9-16-55(46)22-47(50,51)21-46)56-20-30-11-13-35(57(30)45(58)59)41(56)28(7)63-43(37)52-39/h10,12,18-19,25-28,30,35,41H,9,11,13,15-16,20-24H2,1-8H3,(H,58,59). The topological polar surface area (TPSA) is 123 Å². The molecule has 5 unspecified atom stereocenters. The van der Waals surface area contributed by atoms with Gasteiger partial charge in [-0.25, -0.2) is 27.3 Å². The molecule has 7 heterocycles. The molecule has 5 aliphatic rings. The van der Waals surface area contributed by atoms with Crippen molar-refractivity contribution in [2.24, 2.45) is 0 Å². The SMILES string of the molecule is COCOc1cc(-c2nc3c4c(nc(OCC56CCCN5CC(F)(F)C6)nc4c2F)N2CC4CCC(C2C(C)O3)N4C(=O)O)c2c(C#C[Si](C(C)C)(C(C)C)C(C)C)c(F)ccc2c1. The van der Waals surface area contributed by atoms with E-state index < -0.39 is 55.5 Å². The third-order valence-corrected chi connectivity index (χ3v) is 21.1. The number of carbonyl (C=O) groups is 1. The van der Waals surface area contributed by atoms with Crippen molar-refractivity contribution in [1.29, 1.82) is 0 Å². The Balaban J connectivity index is 1.28. The van der Waals surface area contributed by atoms with Crippen molar-refractivity contribution < 1.29 is 46.4 Å². The third-order valence-electron chi connectivity index (χ3n) is 14.8. The van der Waals surface area contributed by atoms with Gasteiger partial charge in [-0.3, -0.25) is 9.80 Å². The second kappa shape index (κ2) is 16.2. The summed E-state index contributed by atoms with van der Waals surface area (Å²) < 4.78 is 88.5. The number of carboxylic acid groups (broad SMARTS) is 1. The zero-order chi connectivity index (χ0) is 45.6. The molecule has 0 saturated carbocycles. The van der Waals surface area contributed by atoms with Crippen LogP contribution in [-0.4, -0.2) is 120 Å². The van der Waals surface area contributed by atoms with E-state index in [1.54, 1.807) is 23.1 Å². The van der Waals surface area contributed by atoms with Gasteiger partial charge in [0.1, 0.15) is 54.8 Å². The number of hydrogen-bond donors (Lipinski definition) is 1. The molecule has 2 aromatic carbocycles. The number of pyridine rings is 1. The number of benzene rings is 2. The average Bonchev–Trinajstić information content (AvgIpc) is 3.82. The van der Waals surface area contributed by atoms with Crippen LogP contribution in [0.4, 0.5) is 28.2 Å². The van der Waals surface area contributed by atoms with Crippen LogP contribution in [0.1, 0.15) is 86.1 Å². The number of anilines is 1. The van der Waals surface area contributed by atoms with Gasteiger partial charge in [-0.2, -0.15) is 9.97 Å². The fraction of sp³-hybridized carbons (Fsp3) is 0.574. The molecule has 2 aromatic heterocycles. The minimum Gasteiger partial charge on any atom is -0.472 e. The van der Waals surface area contributed by atoms with Crippen LogP contribution in [0.15, 0.2) is 24.3 Å². The molecule has 0 radical (unpaired) electrons. The first-order valence-electron chi connectivity index (χ1n) is 22.4. The van der Waals surface area contributed by atoms with Gasteiger partial charge in [0.15, 0.2) is 12.6 Å². The highest BCUT2D eigenvalue weighted by Crippen LogP contribution is 2.50. The van der Waals surface area contributed by atoms with Crippen LogP contribution < -0.4 is 19.1 Å². The number of nitrogens with zero attached hydrogens (tertiary/aromatic N) is 6. The molecule has 1 N–H and O–H groups in total. The first kappa shape index (κ1) is 44.3. The van der Waals surface area contributed by atoms with E-state index in [1.807, 2.05) is 11.8 Å². The van der Waals surface area contributed by atoms with Gasteiger partial charge in [-0.05, 0) is 79.4 Å². The van der Waals surface area contributed by atoms with Crippen LogP contribution in [0.2, 0.25) is 16.6 Å². The Labute approximate surface area is 371 Å². The van der Waals surface area contributed by atoms with E-state index in [0.29, 0.717) is 42.3 Å². The van der Waals surface area contributed by atoms with Crippen LogP contribution in [0.3, 0.4) is 0 Å². The van der Waals surface area contributed by atoms with Gasteiger partial charge >= 0.3 is 12.1 Å². The molecule has 5 aliphatic heterocycles. The Morgan fingerprint density at radius 2 is 1.78 bits per heavy atom. The molecule has 9 rings (SSSR count). The predicted octanol–water partition coefficient (Wildman–Crippen LogP) is 9.41. The van der Waals surface area contributed by atoms with Gasteiger partial charge in [0, 0.05) is 31.0 Å². The second-order valence-electron chi connectivity index (χ2n) is 19.3. The molecule has 342 valence electrons. The van der Waals surface area contributed by atoms with Crippen molar-refractivity contribution in [1.82, 2.24) is 24.8 Å². The summed E-state index contributed by atoms with van der Waals surface area (Å²) in [5.41, 5.74) is 3.30. The number of rotatable bonds is 10. The van der Waals surface area contributed by atoms with Gasteiger partial charge in [0.25, 0.3) is 5.92 Å². The zero-order valence-electron chi connectivity index (χ0n) is 37.6. The van der Waals surface area contributed by atoms with E-state index >= 15 is 8.78 Å². The Hall–Kier alpha value is -4.92. The number of ether oxygens (including phenoxy) is 4. The molecular formula is C47H56F4N6O6Si. The maximum Gasteiger partial charge on any atom is 0.407 e. The highest BCUT2D eigenvalue weighted by molar-refractivity contribution is 6.90. The van der Waals surface area contributed by atoms with Gasteiger partial charge < -0.3 is 29.0 Å². The van der Waals surface area contributed by atoms with E-state index in [9.17, 15) is 18.7 Å². The number of hydrogen-bond acceptors (Lipinski definition) is 10. The number of piperazine rings is 1. The number of methoxy groups -OCH3 is 1. The van der Waals surface area contributed by atoms with Crippen molar-refractivity contribution >= 4 is 41.7 Å². The first-order valence-corrected chi connectivity index (χ1v) is 24.7. The van der Waals surface area contributed by atoms with E-state index in [-0.39, 0.29) is 101 Å². The first-order chi connectivity index (χ1) is 30.4. The van der Waals surface area contributed by atoms with Crippen LogP contribution in [0.25, 0.3) is 32.9 Å². The smallest absolute Gasteiger partial charge is 0.407 e. The van der Waals surface area contributed by atoms with Gasteiger partial charge in [0.2, 0.25) is 5.88 Å². The van der Waals surface area contributed by atoms with E-state index in [4.69, 9.17) is 28.9 Å². The Bertz CT molecular complexity index is 2570. The molecule has 4 fully saturated rings. The number of aromatic nitrogens is 3. The Morgan fingerprint density at radius 1 is 1.03 bits per heavy atom. The normalized spacial score (nSPS) is 24.9. The summed E-state index contributed by atoms with van der Waals surface area (Å²) in [7, 11) is -0.916. The van der Waals surface area contributed by atoms with Crippen LogP contribution in [0.5, 0.6) is 17.6 Å². The van der Waals surface area contributed by atoms with E-state index in [2.05, 4.69) is 58.0 Å². The fourth-order valence-corrected chi connectivity index (χ4v) is 17.4. The lowest BCUT2D eigenvalue weighted by Crippen LogP contribution is -2.64. The highest BCUT2D eigenvalue weighted by atomic mass is 28.3. The van der Waals surface area contributed by atoms with E-state index in [1.165, 1.54) is 18.1 Å². The number of halogens is 4. The van der Waals surface area contributed by atoms with Crippen molar-refractivity contribution in [3.63, 3.8) is 0 Å². The molecule has 0 spiro atoms. The number of alkyl halides is 2. The van der Waals surface area contributed by atoms with Crippen LogP contribution in [-0.2, 0) is 4.74 Å². The molecule has 17 heteroatoms. The van der Waals surface area contributed by atoms with Gasteiger partial charge in [-0.1, -0.05) is 53.5 Å². The third kappa shape index (κ3) is 7.09. The molecule has 2 bridgehead atoms. The molecule has 4 saturated heterocycles. The quantitative estimate of drug-likeness (QED) is 0.0709. The average molecular weight is 905 g/mol. The van der Waals surface area contributed by atoms with E-state index in [0.717, 1.165) is 6.42 Å². The van der Waals surface area contributed by atoms with Crippen molar-refractivity contribution in [2.45, 2.75) is 133 Å². The summed E-state index contributed by atoms with van der Waals surface area (Å²) in [4.78, 5) is 32.3. The van der Waals surface area contributed by atoms with Crippen molar-refractivity contribution in [3.05, 3.63) is 41.5 Å². The molecule has 0 aliphatic carbocycles. The lowest BCUT2D eigenvalue weighted by molar-refractivity contribution is 0.00802. The molecule has 4 aromatic rings. The van der Waals surface area contributed by atoms with Crippen LogP contribution in [0, 0.1) is 23.1 Å². The summed E-state index contributed by atoms with van der Waals surface area (Å²) in [6.45, 7) is 15.0. The molecular weight excluding hydrogens is 849 g/mol. The minimum absolute atomic E-state index is 0.00477. The van der Waals surface area contributed by atoms with Crippen molar-refractivity contribution in [3.8, 4) is 40.4 Å². The fourth-order valence-electron chi connectivity index (χ4n) is 12.2. The molecule has 1 amide bonds. The molecule has 64 heavy (non-hydrogen) atoms. The minimum atomic E-state index is -2.89. The summed E-state index contributed by atoms with van der Waals surface area (Å²) in [6.07, 6.45) is 0.309. The second-order valence-corrected chi connectivity index (χ2v) is 24.9. The van der Waals surface area contributed by atoms with Gasteiger partial charge in [0.05, 0.1) is 35.8 Å². The lowest BCUT2D eigenvalue weighted by Gasteiger charge is -2.47. The van der Waals surface area contributed by atoms with Crippen LogP contribution >= 0.6 is 0 Å². The summed E-state index contributed by atoms with van der Waals surface area (Å²) in [5.74, 6) is -0.508. The zero-order valence-corrected chi connectivity index (χ0v) is 38.6. The molecule has 5 atom stereocenters. The Kier molecular flexibility index (Phi) is 11.2. The molecule has 12 nitrogen and oxygen atoms in total. The largest absolute Gasteiger partial charge is 0.472 e. The highest BCUT2D eigenvalue weighted by Gasteiger charge is 2.57. The maximum absolute atomic E-state index is 18.1. The lowest BCUT2D eigenvalue weighted by atomic mass is 9.94. The summed E-state index contributed by atoms with van der Waals surface area (Å²) in [5, 5.41) is 11.3. The Morgan fingerprint density at radius 3 is 2.48 bits per heavy atom. The summed E-state index contributed by atoms with van der Waals surface area (Å²) >= 11 is 0.